The van der Waals surface area contributed by atoms with Crippen LogP contribution in [-0.4, -0.2) is 62.2 Å². The third-order valence-electron chi connectivity index (χ3n) is 3.85. The number of nitrogens with one attached hydrogen (secondary N) is 2. The quantitative estimate of drug-likeness (QED) is 0.464. The van der Waals surface area contributed by atoms with Gasteiger partial charge >= 0.3 is 5.97 Å². The summed E-state index contributed by atoms with van der Waals surface area (Å²) in [6, 6.07) is 6.25. The molecule has 0 aromatic heterocycles. The van der Waals surface area contributed by atoms with E-state index in [4.69, 9.17) is 4.74 Å². The summed E-state index contributed by atoms with van der Waals surface area (Å²) in [6.07, 6.45) is 0.361. The maximum atomic E-state index is 12.3. The molecule has 1 aromatic carbocycles. The lowest BCUT2D eigenvalue weighted by Crippen LogP contribution is -2.38. The van der Waals surface area contributed by atoms with E-state index in [0.717, 1.165) is 0 Å². The first-order valence-corrected chi connectivity index (χ1v) is 11.6. The molecule has 154 valence electrons. The number of hydrogen-bond donors (Lipinski definition) is 2. The molecule has 1 aromatic rings. The lowest BCUT2D eigenvalue weighted by atomic mass is 10.2. The number of hydrogen-bond acceptors (Lipinski definition) is 7. The number of thioether (sulfide) groups is 1. The van der Waals surface area contributed by atoms with Crippen molar-refractivity contribution in [3.63, 3.8) is 0 Å². The zero-order valence-corrected chi connectivity index (χ0v) is 17.4. The summed E-state index contributed by atoms with van der Waals surface area (Å²) in [5, 5.41) is 5.33. The topological polar surface area (TPSA) is 119 Å². The van der Waals surface area contributed by atoms with Gasteiger partial charge in [0.15, 0.2) is 16.4 Å². The third kappa shape index (κ3) is 7.16. The average molecular weight is 429 g/mol. The first-order chi connectivity index (χ1) is 13.2. The molecule has 0 aliphatic carbocycles. The highest BCUT2D eigenvalue weighted by molar-refractivity contribution is 8.00. The number of carbonyl (C=O) groups excluding carboxylic acids is 3. The minimum Gasteiger partial charge on any atom is -0.452 e. The molecule has 8 nitrogen and oxygen atoms in total. The Kier molecular flexibility index (Phi) is 7.88. The number of ether oxygens (including phenoxy) is 1. The van der Waals surface area contributed by atoms with Gasteiger partial charge in [-0.05, 0) is 32.4 Å². The smallest absolute Gasteiger partial charge is 0.339 e. The normalized spacial score (nSPS) is 17.9. The van der Waals surface area contributed by atoms with E-state index < -0.39 is 34.4 Å². The Morgan fingerprint density at radius 1 is 1.21 bits per heavy atom. The Morgan fingerprint density at radius 3 is 2.57 bits per heavy atom. The first kappa shape index (κ1) is 22.2. The zero-order chi connectivity index (χ0) is 20.7. The lowest BCUT2D eigenvalue weighted by molar-refractivity contribution is -0.124. The molecule has 28 heavy (non-hydrogen) atoms. The Balaban J connectivity index is 1.86. The SMILES string of the molecule is CC(C)NC(=O)CSc1ccccc1C(=O)OCC(=O)NC1CCS(=O)(=O)C1. The van der Waals surface area contributed by atoms with Gasteiger partial charge in [-0.15, -0.1) is 11.8 Å². The summed E-state index contributed by atoms with van der Waals surface area (Å²) in [5.74, 6) is -1.26. The highest BCUT2D eigenvalue weighted by atomic mass is 32.2. The summed E-state index contributed by atoms with van der Waals surface area (Å²) in [7, 11) is -3.10. The molecule has 2 N–H and O–H groups in total. The van der Waals surface area contributed by atoms with Gasteiger partial charge in [0.1, 0.15) is 0 Å². The number of sulfone groups is 1. The van der Waals surface area contributed by atoms with Gasteiger partial charge in [0.05, 0.1) is 22.8 Å². The van der Waals surface area contributed by atoms with E-state index in [9.17, 15) is 22.8 Å². The Hall–Kier alpha value is -2.07. The highest BCUT2D eigenvalue weighted by Gasteiger charge is 2.29. The maximum Gasteiger partial charge on any atom is 0.339 e. The van der Waals surface area contributed by atoms with Gasteiger partial charge in [-0.3, -0.25) is 9.59 Å². The molecule has 2 rings (SSSR count). The molecule has 1 aliphatic rings. The van der Waals surface area contributed by atoms with E-state index >= 15 is 0 Å². The number of esters is 1. The molecular formula is C18H24N2O6S2. The van der Waals surface area contributed by atoms with Crippen LogP contribution in [0.25, 0.3) is 0 Å². The van der Waals surface area contributed by atoms with Gasteiger partial charge in [0.2, 0.25) is 5.91 Å². The number of amides is 2. The molecule has 10 heteroatoms. The van der Waals surface area contributed by atoms with Gasteiger partial charge in [-0.25, -0.2) is 13.2 Å². The van der Waals surface area contributed by atoms with Crippen LogP contribution in [0.4, 0.5) is 0 Å². The van der Waals surface area contributed by atoms with Crippen LogP contribution in [0.15, 0.2) is 29.2 Å². The van der Waals surface area contributed by atoms with Gasteiger partial charge < -0.3 is 15.4 Å². The molecule has 0 radical (unpaired) electrons. The van der Waals surface area contributed by atoms with Gasteiger partial charge in [0, 0.05) is 17.0 Å². The fourth-order valence-electron chi connectivity index (χ4n) is 2.66. The number of carbonyl (C=O) groups is 3. The largest absolute Gasteiger partial charge is 0.452 e. The van der Waals surface area contributed by atoms with Crippen LogP contribution >= 0.6 is 11.8 Å². The van der Waals surface area contributed by atoms with E-state index in [2.05, 4.69) is 10.6 Å². The molecule has 2 amide bonds. The molecule has 0 bridgehead atoms. The van der Waals surface area contributed by atoms with E-state index in [0.29, 0.717) is 11.3 Å². The predicted octanol–water partition coefficient (Wildman–Crippen LogP) is 0.763. The molecule has 1 aliphatic heterocycles. The Labute approximate surface area is 168 Å². The molecule has 1 heterocycles. The molecule has 1 unspecified atom stereocenters. The molecule has 1 saturated heterocycles. The van der Waals surface area contributed by atoms with Crippen molar-refractivity contribution in [2.45, 2.75) is 37.2 Å². The monoisotopic (exact) mass is 428 g/mol. The van der Waals surface area contributed by atoms with Gasteiger partial charge in [0.25, 0.3) is 5.91 Å². The van der Waals surface area contributed by atoms with E-state index in [1.54, 1.807) is 24.3 Å². The van der Waals surface area contributed by atoms with E-state index in [1.165, 1.54) is 11.8 Å². The zero-order valence-electron chi connectivity index (χ0n) is 15.8. The van der Waals surface area contributed by atoms with Gasteiger partial charge in [-0.1, -0.05) is 12.1 Å². The third-order valence-corrected chi connectivity index (χ3v) is 6.69. The number of rotatable bonds is 8. The lowest BCUT2D eigenvalue weighted by Gasteiger charge is -2.12. The molecule has 0 spiro atoms. The van der Waals surface area contributed by atoms with Crippen LogP contribution < -0.4 is 10.6 Å². The van der Waals surface area contributed by atoms with Crippen LogP contribution in [0.2, 0.25) is 0 Å². The first-order valence-electron chi connectivity index (χ1n) is 8.84. The predicted molar refractivity (Wildman–Crippen MR) is 106 cm³/mol. The van der Waals surface area contributed by atoms with Crippen LogP contribution in [0.3, 0.4) is 0 Å². The second kappa shape index (κ2) is 9.92. The molecule has 0 saturated carbocycles. The van der Waals surface area contributed by atoms with Crippen LogP contribution in [-0.2, 0) is 24.2 Å². The summed E-state index contributed by atoms with van der Waals surface area (Å²) >= 11 is 1.21. The van der Waals surface area contributed by atoms with Crippen molar-refractivity contribution in [3.05, 3.63) is 29.8 Å². The summed E-state index contributed by atoms with van der Waals surface area (Å²) in [5.41, 5.74) is 0.265. The van der Waals surface area contributed by atoms with Crippen molar-refractivity contribution >= 4 is 39.4 Å². The van der Waals surface area contributed by atoms with Crippen molar-refractivity contribution < 1.29 is 27.5 Å². The summed E-state index contributed by atoms with van der Waals surface area (Å²) < 4.78 is 27.9. The van der Waals surface area contributed by atoms with Gasteiger partial charge in [-0.2, -0.15) is 0 Å². The number of benzene rings is 1. The van der Waals surface area contributed by atoms with E-state index in [1.807, 2.05) is 13.8 Å². The van der Waals surface area contributed by atoms with Crippen molar-refractivity contribution in [3.8, 4) is 0 Å². The van der Waals surface area contributed by atoms with Crippen molar-refractivity contribution in [2.75, 3.05) is 23.9 Å². The average Bonchev–Trinajstić information content (AvgIpc) is 2.96. The highest BCUT2D eigenvalue weighted by Crippen LogP contribution is 2.23. The summed E-state index contributed by atoms with van der Waals surface area (Å²) in [6.45, 7) is 3.22. The molecular weight excluding hydrogens is 404 g/mol. The minimum absolute atomic E-state index is 0.0293. The van der Waals surface area contributed by atoms with Crippen molar-refractivity contribution in [1.82, 2.24) is 10.6 Å². The molecule has 1 fully saturated rings. The fourth-order valence-corrected chi connectivity index (χ4v) is 5.18. The van der Waals surface area contributed by atoms with Crippen molar-refractivity contribution in [2.24, 2.45) is 0 Å². The maximum absolute atomic E-state index is 12.3. The second-order valence-corrected chi connectivity index (χ2v) is 10.00. The molecule has 1 atom stereocenters. The fraction of sp³-hybridized carbons (Fsp3) is 0.500. The van der Waals surface area contributed by atoms with Crippen molar-refractivity contribution in [1.29, 1.82) is 0 Å². The van der Waals surface area contributed by atoms with E-state index in [-0.39, 0.29) is 34.8 Å². The van der Waals surface area contributed by atoms with Crippen LogP contribution in [0, 0.1) is 0 Å². The Bertz CT molecular complexity index is 838. The minimum atomic E-state index is -3.10. The van der Waals surface area contributed by atoms with Crippen LogP contribution in [0.5, 0.6) is 0 Å². The summed E-state index contributed by atoms with van der Waals surface area (Å²) in [4.78, 5) is 36.6. The second-order valence-electron chi connectivity index (χ2n) is 6.75. The standard InChI is InChI=1S/C18H24N2O6S2/c1-12(2)19-17(22)10-27-15-6-4-3-5-14(15)18(23)26-9-16(21)20-13-7-8-28(24,25)11-13/h3-6,12-13H,7-11H2,1-2H3,(H,19,22)(H,20,21). The Morgan fingerprint density at radius 2 is 1.93 bits per heavy atom. The van der Waals surface area contributed by atoms with Crippen LogP contribution in [0.1, 0.15) is 30.6 Å².